The lowest BCUT2D eigenvalue weighted by atomic mass is 10.1. The summed E-state index contributed by atoms with van der Waals surface area (Å²) in [4.78, 5) is 59.2. The Hall–Kier alpha value is -3.53. The van der Waals surface area contributed by atoms with Crippen LogP contribution in [0.25, 0.3) is 0 Å². The van der Waals surface area contributed by atoms with Crippen LogP contribution in [0, 0.1) is 0 Å². The Morgan fingerprint density at radius 3 is 2.12 bits per heavy atom. The SMILES string of the molecule is O=C(O)C(=O)Nc1sc(CN2C(=O)c3ccccc3C2=O)cc1C(=O)O. The Labute approximate surface area is 149 Å². The molecular weight excluding hydrogens is 364 g/mol. The number of carboxylic acids is 2. The van der Waals surface area contributed by atoms with Gasteiger partial charge in [-0.3, -0.25) is 19.3 Å². The summed E-state index contributed by atoms with van der Waals surface area (Å²) in [5.41, 5.74) is 0.190. The summed E-state index contributed by atoms with van der Waals surface area (Å²) in [5.74, 6) is -5.55. The van der Waals surface area contributed by atoms with Gasteiger partial charge in [0.15, 0.2) is 0 Å². The van der Waals surface area contributed by atoms with Gasteiger partial charge in [-0.25, -0.2) is 9.59 Å². The summed E-state index contributed by atoms with van der Waals surface area (Å²) in [7, 11) is 0. The molecule has 0 bridgehead atoms. The minimum Gasteiger partial charge on any atom is -0.478 e. The minimum absolute atomic E-state index is 0.184. The average Bonchev–Trinajstić information content (AvgIpc) is 3.10. The number of thiophene rings is 1. The summed E-state index contributed by atoms with van der Waals surface area (Å²) in [6, 6.07) is 7.48. The molecule has 10 heteroatoms. The molecule has 1 aromatic carbocycles. The highest BCUT2D eigenvalue weighted by atomic mass is 32.1. The van der Waals surface area contributed by atoms with E-state index in [-0.39, 0.29) is 28.2 Å². The van der Waals surface area contributed by atoms with Crippen molar-refractivity contribution < 1.29 is 34.2 Å². The number of rotatable bonds is 4. The highest BCUT2D eigenvalue weighted by molar-refractivity contribution is 7.16. The number of amides is 3. The van der Waals surface area contributed by atoms with Crippen molar-refractivity contribution in [2.75, 3.05) is 5.32 Å². The Morgan fingerprint density at radius 2 is 1.62 bits per heavy atom. The molecule has 0 aliphatic carbocycles. The van der Waals surface area contributed by atoms with Crippen molar-refractivity contribution in [1.29, 1.82) is 0 Å². The quantitative estimate of drug-likeness (QED) is 0.540. The molecule has 0 saturated carbocycles. The minimum atomic E-state index is -1.77. The third-order valence-corrected chi connectivity index (χ3v) is 4.66. The molecule has 0 saturated heterocycles. The largest absolute Gasteiger partial charge is 0.478 e. The van der Waals surface area contributed by atoms with E-state index < -0.39 is 29.7 Å². The van der Waals surface area contributed by atoms with Gasteiger partial charge in [0.05, 0.1) is 23.2 Å². The number of hydrogen-bond acceptors (Lipinski definition) is 6. The number of nitrogens with one attached hydrogen (secondary N) is 1. The van der Waals surface area contributed by atoms with Crippen LogP contribution in [0.4, 0.5) is 5.00 Å². The molecule has 3 amide bonds. The maximum Gasteiger partial charge on any atom is 0.394 e. The normalized spacial score (nSPS) is 12.8. The van der Waals surface area contributed by atoms with Crippen LogP contribution in [0.2, 0.25) is 0 Å². The molecule has 132 valence electrons. The first-order valence-electron chi connectivity index (χ1n) is 7.15. The van der Waals surface area contributed by atoms with Crippen molar-refractivity contribution in [2.45, 2.75) is 6.54 Å². The number of carbonyl (C=O) groups is 5. The number of fused-ring (bicyclic) bond motifs is 1. The molecule has 3 rings (SSSR count). The summed E-state index contributed by atoms with van der Waals surface area (Å²) in [5, 5.41) is 19.6. The second-order valence-electron chi connectivity index (χ2n) is 5.26. The zero-order valence-electron chi connectivity index (χ0n) is 12.9. The Balaban J connectivity index is 1.88. The predicted octanol–water partition coefficient (Wildman–Crippen LogP) is 1.27. The molecular formula is C16H10N2O7S. The van der Waals surface area contributed by atoms with Gasteiger partial charge in [-0.1, -0.05) is 12.1 Å². The van der Waals surface area contributed by atoms with E-state index in [9.17, 15) is 29.1 Å². The summed E-state index contributed by atoms with van der Waals surface area (Å²) in [6.45, 7) is -0.194. The van der Waals surface area contributed by atoms with Crippen LogP contribution in [0.15, 0.2) is 30.3 Å². The van der Waals surface area contributed by atoms with Crippen molar-refractivity contribution in [1.82, 2.24) is 4.90 Å². The van der Waals surface area contributed by atoms with Crippen LogP contribution < -0.4 is 5.32 Å². The van der Waals surface area contributed by atoms with Crippen LogP contribution in [0.3, 0.4) is 0 Å². The van der Waals surface area contributed by atoms with Gasteiger partial charge < -0.3 is 15.5 Å². The first kappa shape index (κ1) is 17.3. The van der Waals surface area contributed by atoms with Crippen LogP contribution in [-0.2, 0) is 16.1 Å². The molecule has 0 radical (unpaired) electrons. The van der Waals surface area contributed by atoms with E-state index in [4.69, 9.17) is 5.11 Å². The van der Waals surface area contributed by atoms with Crippen LogP contribution in [0.5, 0.6) is 0 Å². The van der Waals surface area contributed by atoms with Crippen molar-refractivity contribution in [2.24, 2.45) is 0 Å². The topological polar surface area (TPSA) is 141 Å². The first-order valence-corrected chi connectivity index (χ1v) is 7.96. The molecule has 2 heterocycles. The zero-order chi connectivity index (χ0) is 19.0. The Kier molecular flexibility index (Phi) is 4.26. The van der Waals surface area contributed by atoms with E-state index in [2.05, 4.69) is 0 Å². The summed E-state index contributed by atoms with van der Waals surface area (Å²) in [6.07, 6.45) is 0. The van der Waals surface area contributed by atoms with E-state index in [1.54, 1.807) is 12.1 Å². The monoisotopic (exact) mass is 374 g/mol. The van der Waals surface area contributed by atoms with Crippen LogP contribution in [-0.4, -0.2) is 44.8 Å². The standard InChI is InChI=1S/C16H10N2O7S/c19-11(16(24)25)17-12-10(15(22)23)5-7(26-12)6-18-13(20)8-3-1-2-4-9(8)14(18)21/h1-5H,6H2,(H,17,19)(H,22,23)(H,24,25). The van der Waals surface area contributed by atoms with Crippen molar-refractivity contribution >= 4 is 46.0 Å². The number of hydrogen-bond donors (Lipinski definition) is 3. The maximum absolute atomic E-state index is 12.4. The van der Waals surface area contributed by atoms with Crippen LogP contribution >= 0.6 is 11.3 Å². The molecule has 3 N–H and O–H groups in total. The summed E-state index contributed by atoms with van der Waals surface area (Å²) < 4.78 is 0. The Bertz CT molecular complexity index is 944. The number of carboxylic acid groups (broad SMARTS) is 2. The first-order chi connectivity index (χ1) is 12.3. The second kappa shape index (κ2) is 6.41. The van der Waals surface area contributed by atoms with Gasteiger partial charge in [-0.2, -0.15) is 0 Å². The smallest absolute Gasteiger partial charge is 0.394 e. The zero-order valence-corrected chi connectivity index (χ0v) is 13.7. The Morgan fingerprint density at radius 1 is 1.04 bits per heavy atom. The third kappa shape index (κ3) is 2.93. The average molecular weight is 374 g/mol. The summed E-state index contributed by atoms with van der Waals surface area (Å²) >= 11 is 0.781. The highest BCUT2D eigenvalue weighted by Gasteiger charge is 2.35. The van der Waals surface area contributed by atoms with Crippen molar-refractivity contribution in [3.05, 3.63) is 51.9 Å². The lowest BCUT2D eigenvalue weighted by molar-refractivity contribution is -0.147. The van der Waals surface area contributed by atoms with Gasteiger partial charge in [0.25, 0.3) is 11.8 Å². The fraction of sp³-hybridized carbons (Fsp3) is 0.0625. The second-order valence-corrected chi connectivity index (χ2v) is 6.40. The van der Waals surface area contributed by atoms with Gasteiger partial charge in [-0.15, -0.1) is 11.3 Å². The van der Waals surface area contributed by atoms with E-state index >= 15 is 0 Å². The highest BCUT2D eigenvalue weighted by Crippen LogP contribution is 2.31. The number of carbonyl (C=O) groups excluding carboxylic acids is 3. The molecule has 0 fully saturated rings. The number of anilines is 1. The molecule has 9 nitrogen and oxygen atoms in total. The van der Waals surface area contributed by atoms with E-state index in [0.717, 1.165) is 16.2 Å². The molecule has 1 aromatic heterocycles. The number of nitrogens with zero attached hydrogens (tertiary/aromatic N) is 1. The fourth-order valence-electron chi connectivity index (χ4n) is 2.47. The predicted molar refractivity (Wildman–Crippen MR) is 88.2 cm³/mol. The lowest BCUT2D eigenvalue weighted by Gasteiger charge is -2.11. The fourth-order valence-corrected chi connectivity index (χ4v) is 3.50. The van der Waals surface area contributed by atoms with Gasteiger partial charge in [0.1, 0.15) is 5.00 Å². The molecule has 0 unspecified atom stereocenters. The van der Waals surface area contributed by atoms with Crippen molar-refractivity contribution in [3.63, 3.8) is 0 Å². The van der Waals surface area contributed by atoms with E-state index in [0.29, 0.717) is 4.88 Å². The van der Waals surface area contributed by atoms with Gasteiger partial charge in [0.2, 0.25) is 0 Å². The maximum atomic E-state index is 12.4. The number of aromatic carboxylic acids is 1. The van der Waals surface area contributed by atoms with Crippen LogP contribution in [0.1, 0.15) is 36.0 Å². The molecule has 0 atom stereocenters. The van der Waals surface area contributed by atoms with Crippen molar-refractivity contribution in [3.8, 4) is 0 Å². The van der Waals surface area contributed by atoms with Gasteiger partial charge in [-0.05, 0) is 18.2 Å². The molecule has 1 aliphatic heterocycles. The third-order valence-electron chi connectivity index (χ3n) is 3.63. The lowest BCUT2D eigenvalue weighted by Crippen LogP contribution is -2.28. The molecule has 2 aromatic rings. The molecule has 0 spiro atoms. The molecule has 1 aliphatic rings. The number of aliphatic carboxylic acids is 1. The number of benzene rings is 1. The van der Waals surface area contributed by atoms with Gasteiger partial charge in [0, 0.05) is 4.88 Å². The van der Waals surface area contributed by atoms with Gasteiger partial charge >= 0.3 is 17.8 Å². The number of imide groups is 1. The molecule has 26 heavy (non-hydrogen) atoms. The van der Waals surface area contributed by atoms with E-state index in [1.165, 1.54) is 18.2 Å². The van der Waals surface area contributed by atoms with E-state index in [1.807, 2.05) is 5.32 Å².